The molecule has 0 aliphatic carbocycles. The maximum Gasteiger partial charge on any atom is 0.230 e. The summed E-state index contributed by atoms with van der Waals surface area (Å²) in [5.41, 5.74) is 3.38. The van der Waals surface area contributed by atoms with Gasteiger partial charge in [-0.2, -0.15) is 0 Å². The van der Waals surface area contributed by atoms with Crippen molar-refractivity contribution < 1.29 is 4.79 Å². The molecule has 0 spiro atoms. The molecule has 20 heavy (non-hydrogen) atoms. The fourth-order valence-corrected chi connectivity index (χ4v) is 2.51. The summed E-state index contributed by atoms with van der Waals surface area (Å²) < 4.78 is 0. The van der Waals surface area contributed by atoms with E-state index in [4.69, 9.17) is 0 Å². The zero-order valence-electron chi connectivity index (χ0n) is 11.5. The number of aryl methyl sites for hydroxylation is 1. The quantitative estimate of drug-likeness (QED) is 0.887. The van der Waals surface area contributed by atoms with Gasteiger partial charge in [0.2, 0.25) is 5.91 Å². The minimum Gasteiger partial charge on any atom is -0.350 e. The van der Waals surface area contributed by atoms with Crippen LogP contribution in [0.15, 0.2) is 48.7 Å². The molecule has 1 aromatic heterocycles. The summed E-state index contributed by atoms with van der Waals surface area (Å²) in [5.74, 6) is 1.38. The van der Waals surface area contributed by atoms with E-state index >= 15 is 0 Å². The molecule has 104 valence electrons. The molecule has 0 atom stereocenters. The first-order valence-corrected chi connectivity index (χ1v) is 7.69. The van der Waals surface area contributed by atoms with Crippen molar-refractivity contribution in [2.45, 2.75) is 19.2 Å². The number of nitrogens with zero attached hydrogens (tertiary/aromatic N) is 1. The zero-order valence-corrected chi connectivity index (χ0v) is 12.3. The van der Waals surface area contributed by atoms with Crippen LogP contribution in [0.1, 0.15) is 16.8 Å². The molecule has 2 rings (SSSR count). The lowest BCUT2D eigenvalue weighted by molar-refractivity contribution is -0.118. The van der Waals surface area contributed by atoms with Gasteiger partial charge in [0.25, 0.3) is 0 Å². The molecule has 0 bridgehead atoms. The maximum absolute atomic E-state index is 11.7. The van der Waals surface area contributed by atoms with Crippen molar-refractivity contribution in [1.29, 1.82) is 0 Å². The lowest BCUT2D eigenvalue weighted by Gasteiger charge is -2.05. The Morgan fingerprint density at radius 3 is 2.70 bits per heavy atom. The molecule has 1 heterocycles. The van der Waals surface area contributed by atoms with E-state index in [1.165, 1.54) is 11.1 Å². The van der Waals surface area contributed by atoms with Gasteiger partial charge in [-0.25, -0.2) is 0 Å². The molecule has 4 heteroatoms. The SMILES string of the molecule is Cc1ccc(CSCC(=O)NCc2ccccn2)cc1. The average molecular weight is 286 g/mol. The third-order valence-electron chi connectivity index (χ3n) is 2.82. The number of carbonyl (C=O) groups is 1. The lowest BCUT2D eigenvalue weighted by Crippen LogP contribution is -2.25. The molecule has 0 aliphatic heterocycles. The van der Waals surface area contributed by atoms with Gasteiger partial charge >= 0.3 is 0 Å². The van der Waals surface area contributed by atoms with E-state index in [1.54, 1.807) is 18.0 Å². The number of hydrogen-bond donors (Lipinski definition) is 1. The molecule has 0 aliphatic rings. The average Bonchev–Trinajstić information content (AvgIpc) is 2.48. The molecule has 0 unspecified atom stereocenters. The highest BCUT2D eigenvalue weighted by Gasteiger charge is 2.02. The molecule has 0 radical (unpaired) electrons. The van der Waals surface area contributed by atoms with E-state index < -0.39 is 0 Å². The van der Waals surface area contributed by atoms with Gasteiger partial charge in [0.15, 0.2) is 0 Å². The Kier molecular flexibility index (Phi) is 5.62. The smallest absolute Gasteiger partial charge is 0.230 e. The van der Waals surface area contributed by atoms with Crippen LogP contribution in [0.4, 0.5) is 0 Å². The van der Waals surface area contributed by atoms with Gasteiger partial charge in [-0.15, -0.1) is 11.8 Å². The van der Waals surface area contributed by atoms with Crippen molar-refractivity contribution in [2.75, 3.05) is 5.75 Å². The first-order chi connectivity index (χ1) is 9.74. The van der Waals surface area contributed by atoms with Gasteiger partial charge in [-0.1, -0.05) is 35.9 Å². The van der Waals surface area contributed by atoms with Crippen LogP contribution in [-0.2, 0) is 17.1 Å². The van der Waals surface area contributed by atoms with Crippen LogP contribution < -0.4 is 5.32 Å². The number of pyridine rings is 1. The van der Waals surface area contributed by atoms with E-state index in [2.05, 4.69) is 41.5 Å². The predicted molar refractivity (Wildman–Crippen MR) is 83.4 cm³/mol. The number of carbonyl (C=O) groups excluding carboxylic acids is 1. The van der Waals surface area contributed by atoms with E-state index in [-0.39, 0.29) is 5.91 Å². The summed E-state index contributed by atoms with van der Waals surface area (Å²) in [6.07, 6.45) is 1.73. The molecular formula is C16H18N2OS. The first kappa shape index (κ1) is 14.6. The molecule has 1 amide bonds. The van der Waals surface area contributed by atoms with Gasteiger partial charge in [-0.05, 0) is 24.6 Å². The molecule has 0 fully saturated rings. The highest BCUT2D eigenvalue weighted by Crippen LogP contribution is 2.12. The standard InChI is InChI=1S/C16H18N2OS/c1-13-5-7-14(8-6-13)11-20-12-16(19)18-10-15-4-2-3-9-17-15/h2-9H,10-12H2,1H3,(H,18,19). The Labute approximate surface area is 123 Å². The third-order valence-corrected chi connectivity index (χ3v) is 3.82. The number of nitrogens with one attached hydrogen (secondary N) is 1. The summed E-state index contributed by atoms with van der Waals surface area (Å²) in [7, 11) is 0. The highest BCUT2D eigenvalue weighted by molar-refractivity contribution is 7.99. The van der Waals surface area contributed by atoms with Crippen molar-refractivity contribution in [3.63, 3.8) is 0 Å². The largest absolute Gasteiger partial charge is 0.350 e. The Bertz CT molecular complexity index is 540. The fourth-order valence-electron chi connectivity index (χ4n) is 1.69. The van der Waals surface area contributed by atoms with Crippen LogP contribution in [0.25, 0.3) is 0 Å². The zero-order chi connectivity index (χ0) is 14.2. The minimum atomic E-state index is 0.0489. The maximum atomic E-state index is 11.7. The molecule has 1 N–H and O–H groups in total. The Balaban J connectivity index is 1.66. The van der Waals surface area contributed by atoms with Gasteiger partial charge in [-0.3, -0.25) is 9.78 Å². The van der Waals surface area contributed by atoms with Crippen LogP contribution in [-0.4, -0.2) is 16.6 Å². The van der Waals surface area contributed by atoms with Crippen molar-refractivity contribution >= 4 is 17.7 Å². The van der Waals surface area contributed by atoms with Crippen molar-refractivity contribution in [2.24, 2.45) is 0 Å². The number of benzene rings is 1. The van der Waals surface area contributed by atoms with Crippen LogP contribution in [0, 0.1) is 6.92 Å². The molecule has 2 aromatic rings. The van der Waals surface area contributed by atoms with E-state index in [0.717, 1.165) is 11.4 Å². The summed E-state index contributed by atoms with van der Waals surface area (Å²) in [6.45, 7) is 2.56. The number of aromatic nitrogens is 1. The highest BCUT2D eigenvalue weighted by atomic mass is 32.2. The normalized spacial score (nSPS) is 10.2. The summed E-state index contributed by atoms with van der Waals surface area (Å²) in [6, 6.07) is 14.1. The summed E-state index contributed by atoms with van der Waals surface area (Å²) in [4.78, 5) is 15.9. The molecule has 1 aromatic carbocycles. The van der Waals surface area contributed by atoms with Crippen LogP contribution in [0.2, 0.25) is 0 Å². The van der Waals surface area contributed by atoms with Gasteiger partial charge in [0, 0.05) is 11.9 Å². The number of amides is 1. The second kappa shape index (κ2) is 7.70. The number of hydrogen-bond acceptors (Lipinski definition) is 3. The van der Waals surface area contributed by atoms with E-state index in [0.29, 0.717) is 12.3 Å². The Morgan fingerprint density at radius 1 is 1.20 bits per heavy atom. The van der Waals surface area contributed by atoms with Gasteiger partial charge in [0.1, 0.15) is 0 Å². The van der Waals surface area contributed by atoms with E-state index in [9.17, 15) is 4.79 Å². The van der Waals surface area contributed by atoms with Crippen molar-refractivity contribution in [1.82, 2.24) is 10.3 Å². The summed E-state index contributed by atoms with van der Waals surface area (Å²) in [5, 5.41) is 2.87. The monoisotopic (exact) mass is 286 g/mol. The molecule has 0 saturated heterocycles. The van der Waals surface area contributed by atoms with Crippen LogP contribution >= 0.6 is 11.8 Å². The van der Waals surface area contributed by atoms with E-state index in [1.807, 2.05) is 18.2 Å². The molecular weight excluding hydrogens is 268 g/mol. The topological polar surface area (TPSA) is 42.0 Å². The Morgan fingerprint density at radius 2 is 2.00 bits per heavy atom. The van der Waals surface area contributed by atoms with Crippen molar-refractivity contribution in [3.05, 3.63) is 65.5 Å². The van der Waals surface area contributed by atoms with Gasteiger partial charge < -0.3 is 5.32 Å². The van der Waals surface area contributed by atoms with Crippen LogP contribution in [0.3, 0.4) is 0 Å². The second-order valence-electron chi connectivity index (χ2n) is 4.58. The predicted octanol–water partition coefficient (Wildman–Crippen LogP) is 2.94. The summed E-state index contributed by atoms with van der Waals surface area (Å²) >= 11 is 1.62. The lowest BCUT2D eigenvalue weighted by atomic mass is 10.2. The van der Waals surface area contributed by atoms with Gasteiger partial charge in [0.05, 0.1) is 18.0 Å². The van der Waals surface area contributed by atoms with Crippen LogP contribution in [0.5, 0.6) is 0 Å². The minimum absolute atomic E-state index is 0.0489. The van der Waals surface area contributed by atoms with Crippen molar-refractivity contribution in [3.8, 4) is 0 Å². The molecule has 3 nitrogen and oxygen atoms in total. The number of thioether (sulfide) groups is 1. The third kappa shape index (κ3) is 5.05. The first-order valence-electron chi connectivity index (χ1n) is 6.54. The Hall–Kier alpha value is -1.81. The second-order valence-corrected chi connectivity index (χ2v) is 5.56. The number of rotatable bonds is 6. The fraction of sp³-hybridized carbons (Fsp3) is 0.250. The molecule has 0 saturated carbocycles.